The predicted molar refractivity (Wildman–Crippen MR) is 75.4 cm³/mol. The fourth-order valence-electron chi connectivity index (χ4n) is 2.27. The van der Waals surface area contributed by atoms with Gasteiger partial charge in [0, 0.05) is 18.0 Å². The first kappa shape index (κ1) is 14.4. The van der Waals surface area contributed by atoms with E-state index in [2.05, 4.69) is 15.6 Å². The van der Waals surface area contributed by atoms with Crippen molar-refractivity contribution < 1.29 is 9.53 Å². The fraction of sp³-hybridized carbons (Fsp3) is 0.692. The largest absolute Gasteiger partial charge is 0.375 e. The lowest BCUT2D eigenvalue weighted by Gasteiger charge is -2.23. The number of ether oxygens (including phenoxy) is 1. The second-order valence-corrected chi connectivity index (χ2v) is 6.11. The number of morpholine rings is 1. The quantitative estimate of drug-likeness (QED) is 0.875. The molecule has 106 valence electrons. The molecule has 2 rings (SSSR count). The molecule has 19 heavy (non-hydrogen) atoms. The van der Waals surface area contributed by atoms with Crippen LogP contribution in [0.25, 0.3) is 0 Å². The van der Waals surface area contributed by atoms with E-state index in [4.69, 9.17) is 4.74 Å². The van der Waals surface area contributed by atoms with Gasteiger partial charge in [-0.05, 0) is 20.8 Å². The molecule has 1 saturated heterocycles. The molecule has 1 fully saturated rings. The zero-order valence-electron chi connectivity index (χ0n) is 11.7. The lowest BCUT2D eigenvalue weighted by Crippen LogP contribution is -2.41. The van der Waals surface area contributed by atoms with E-state index in [0.717, 1.165) is 28.7 Å². The van der Waals surface area contributed by atoms with Crippen molar-refractivity contribution in [1.82, 2.24) is 15.6 Å². The Bertz CT molecular complexity index is 441. The third-order valence-corrected chi connectivity index (χ3v) is 4.38. The molecule has 5 nitrogen and oxygen atoms in total. The molecule has 2 N–H and O–H groups in total. The van der Waals surface area contributed by atoms with Gasteiger partial charge in [0.05, 0.1) is 35.9 Å². The summed E-state index contributed by atoms with van der Waals surface area (Å²) in [6, 6.07) is 0.00949. The number of thiazole rings is 1. The van der Waals surface area contributed by atoms with E-state index < -0.39 is 0 Å². The standard InChI is InChI=1S/C13H21N3O2S/c1-8-13(19-10(3)15-8)9(2)16-12(17)6-11-7-14-4-5-18-11/h9,11,14H,4-7H2,1-3H3,(H,16,17). The van der Waals surface area contributed by atoms with Crippen LogP contribution in [0, 0.1) is 13.8 Å². The summed E-state index contributed by atoms with van der Waals surface area (Å²) in [5, 5.41) is 7.28. The number of nitrogens with one attached hydrogen (secondary N) is 2. The van der Waals surface area contributed by atoms with Crippen molar-refractivity contribution in [1.29, 1.82) is 0 Å². The number of rotatable bonds is 4. The van der Waals surface area contributed by atoms with Crippen LogP contribution in [-0.4, -0.2) is 36.7 Å². The molecule has 0 radical (unpaired) electrons. The molecule has 0 spiro atoms. The zero-order valence-corrected chi connectivity index (χ0v) is 12.5. The molecule has 1 aromatic heterocycles. The highest BCUT2D eigenvalue weighted by molar-refractivity contribution is 7.11. The van der Waals surface area contributed by atoms with Gasteiger partial charge < -0.3 is 15.4 Å². The number of hydrogen-bond acceptors (Lipinski definition) is 5. The number of aryl methyl sites for hydroxylation is 2. The van der Waals surface area contributed by atoms with Crippen molar-refractivity contribution in [3.8, 4) is 0 Å². The Morgan fingerprint density at radius 3 is 3.00 bits per heavy atom. The summed E-state index contributed by atoms with van der Waals surface area (Å²) < 4.78 is 5.53. The van der Waals surface area contributed by atoms with Crippen LogP contribution >= 0.6 is 11.3 Å². The van der Waals surface area contributed by atoms with Crippen LogP contribution in [0.4, 0.5) is 0 Å². The zero-order chi connectivity index (χ0) is 13.8. The molecular weight excluding hydrogens is 262 g/mol. The van der Waals surface area contributed by atoms with Crippen LogP contribution < -0.4 is 10.6 Å². The minimum absolute atomic E-state index is 0.00903. The van der Waals surface area contributed by atoms with Crippen molar-refractivity contribution in [3.05, 3.63) is 15.6 Å². The van der Waals surface area contributed by atoms with Gasteiger partial charge in [0.2, 0.25) is 5.91 Å². The Morgan fingerprint density at radius 1 is 1.63 bits per heavy atom. The average molecular weight is 283 g/mol. The van der Waals surface area contributed by atoms with E-state index >= 15 is 0 Å². The highest BCUT2D eigenvalue weighted by Crippen LogP contribution is 2.24. The summed E-state index contributed by atoms with van der Waals surface area (Å²) in [5.41, 5.74) is 1.01. The van der Waals surface area contributed by atoms with E-state index in [1.165, 1.54) is 0 Å². The van der Waals surface area contributed by atoms with Crippen molar-refractivity contribution in [2.45, 2.75) is 39.3 Å². The van der Waals surface area contributed by atoms with Crippen LogP contribution in [0.2, 0.25) is 0 Å². The summed E-state index contributed by atoms with van der Waals surface area (Å²) in [7, 11) is 0. The Hall–Kier alpha value is -0.980. The molecule has 0 aliphatic carbocycles. The molecule has 2 unspecified atom stereocenters. The molecule has 2 heterocycles. The normalized spacial score (nSPS) is 21.1. The number of carbonyl (C=O) groups excluding carboxylic acids is 1. The average Bonchev–Trinajstić information content (AvgIpc) is 2.69. The number of carbonyl (C=O) groups is 1. The van der Waals surface area contributed by atoms with Crippen LogP contribution in [0.5, 0.6) is 0 Å². The minimum Gasteiger partial charge on any atom is -0.375 e. The molecule has 0 bridgehead atoms. The molecule has 0 aromatic carbocycles. The lowest BCUT2D eigenvalue weighted by atomic mass is 10.2. The van der Waals surface area contributed by atoms with Gasteiger partial charge in [-0.3, -0.25) is 4.79 Å². The Morgan fingerprint density at radius 2 is 2.42 bits per heavy atom. The third kappa shape index (κ3) is 3.99. The molecule has 6 heteroatoms. The van der Waals surface area contributed by atoms with E-state index in [9.17, 15) is 4.79 Å². The van der Waals surface area contributed by atoms with Crippen LogP contribution in [0.15, 0.2) is 0 Å². The van der Waals surface area contributed by atoms with E-state index in [-0.39, 0.29) is 18.1 Å². The molecule has 1 amide bonds. The van der Waals surface area contributed by atoms with Gasteiger partial charge in [0.25, 0.3) is 0 Å². The fourth-order valence-corrected chi connectivity index (χ4v) is 3.20. The maximum absolute atomic E-state index is 12.0. The monoisotopic (exact) mass is 283 g/mol. The smallest absolute Gasteiger partial charge is 0.223 e. The predicted octanol–water partition coefficient (Wildman–Crippen LogP) is 1.32. The Labute approximate surface area is 117 Å². The Kier molecular flexibility index (Phi) is 4.90. The first-order valence-electron chi connectivity index (χ1n) is 6.62. The van der Waals surface area contributed by atoms with Gasteiger partial charge in [0.15, 0.2) is 0 Å². The maximum Gasteiger partial charge on any atom is 0.223 e. The lowest BCUT2D eigenvalue weighted by molar-refractivity contribution is -0.125. The number of aromatic nitrogens is 1. The first-order chi connectivity index (χ1) is 9.06. The number of nitrogens with zero attached hydrogens (tertiary/aromatic N) is 1. The van der Waals surface area contributed by atoms with Gasteiger partial charge in [-0.1, -0.05) is 0 Å². The van der Waals surface area contributed by atoms with E-state index in [1.807, 2.05) is 20.8 Å². The van der Waals surface area contributed by atoms with Crippen LogP contribution in [0.3, 0.4) is 0 Å². The number of amides is 1. The van der Waals surface area contributed by atoms with Crippen molar-refractivity contribution in [3.63, 3.8) is 0 Å². The van der Waals surface area contributed by atoms with Gasteiger partial charge >= 0.3 is 0 Å². The molecule has 1 aliphatic heterocycles. The molecule has 1 aliphatic rings. The first-order valence-corrected chi connectivity index (χ1v) is 7.43. The summed E-state index contributed by atoms with van der Waals surface area (Å²) >= 11 is 1.64. The SMILES string of the molecule is Cc1nc(C)c(C(C)NC(=O)CC2CNCCO2)s1. The molecule has 2 atom stereocenters. The van der Waals surface area contributed by atoms with Crippen LogP contribution in [0.1, 0.15) is 35.0 Å². The topological polar surface area (TPSA) is 63.2 Å². The summed E-state index contributed by atoms with van der Waals surface area (Å²) in [5.74, 6) is 0.0339. The van der Waals surface area contributed by atoms with Crippen LogP contribution in [-0.2, 0) is 9.53 Å². The second kappa shape index (κ2) is 6.45. The number of hydrogen-bond donors (Lipinski definition) is 2. The molecular formula is C13H21N3O2S. The summed E-state index contributed by atoms with van der Waals surface area (Å²) in [4.78, 5) is 17.5. The minimum atomic E-state index is -0.00903. The van der Waals surface area contributed by atoms with E-state index in [0.29, 0.717) is 13.0 Å². The van der Waals surface area contributed by atoms with Crippen molar-refractivity contribution >= 4 is 17.2 Å². The third-order valence-electron chi connectivity index (χ3n) is 3.13. The second-order valence-electron chi connectivity index (χ2n) is 4.87. The maximum atomic E-state index is 12.0. The van der Waals surface area contributed by atoms with Gasteiger partial charge in [-0.2, -0.15) is 0 Å². The highest BCUT2D eigenvalue weighted by atomic mass is 32.1. The summed E-state index contributed by atoms with van der Waals surface area (Å²) in [6.07, 6.45) is 0.402. The van der Waals surface area contributed by atoms with Gasteiger partial charge in [0.1, 0.15) is 0 Å². The summed E-state index contributed by atoms with van der Waals surface area (Å²) in [6.45, 7) is 8.26. The van der Waals surface area contributed by atoms with Crippen molar-refractivity contribution in [2.75, 3.05) is 19.7 Å². The highest BCUT2D eigenvalue weighted by Gasteiger charge is 2.20. The molecule has 1 aromatic rings. The van der Waals surface area contributed by atoms with Crippen molar-refractivity contribution in [2.24, 2.45) is 0 Å². The molecule has 0 saturated carbocycles. The van der Waals surface area contributed by atoms with Gasteiger partial charge in [-0.15, -0.1) is 11.3 Å². The Balaban J connectivity index is 1.86. The van der Waals surface area contributed by atoms with Gasteiger partial charge in [-0.25, -0.2) is 4.98 Å². The van der Waals surface area contributed by atoms with E-state index in [1.54, 1.807) is 11.3 Å².